The highest BCUT2D eigenvalue weighted by Crippen LogP contribution is 2.44. The zero-order valence-electron chi connectivity index (χ0n) is 29.0. The fourth-order valence-corrected chi connectivity index (χ4v) is 7.37. The number of morpholine rings is 1. The largest absolute Gasteiger partial charge is 0.492 e. The number of carboxylic acid groups (broad SMARTS) is 1. The van der Waals surface area contributed by atoms with Gasteiger partial charge in [-0.2, -0.15) is 0 Å². The van der Waals surface area contributed by atoms with E-state index in [9.17, 15) is 18.7 Å². The summed E-state index contributed by atoms with van der Waals surface area (Å²) in [6.45, 7) is 3.97. The van der Waals surface area contributed by atoms with Crippen molar-refractivity contribution in [3.8, 4) is 22.8 Å². The van der Waals surface area contributed by atoms with E-state index >= 15 is 0 Å². The quantitative estimate of drug-likeness (QED) is 0.219. The highest BCUT2D eigenvalue weighted by molar-refractivity contribution is 6.06. The number of hydrogen-bond donors (Lipinski definition) is 1. The van der Waals surface area contributed by atoms with Crippen molar-refractivity contribution in [2.45, 2.75) is 43.6 Å². The van der Waals surface area contributed by atoms with Crippen LogP contribution in [-0.2, 0) is 14.3 Å². The van der Waals surface area contributed by atoms with Crippen LogP contribution in [0.3, 0.4) is 0 Å². The van der Waals surface area contributed by atoms with E-state index in [0.29, 0.717) is 54.6 Å². The van der Waals surface area contributed by atoms with Crippen LogP contribution < -0.4 is 24.2 Å². The third-order valence-electron chi connectivity index (χ3n) is 10.1. The summed E-state index contributed by atoms with van der Waals surface area (Å²) in [6.07, 6.45) is -0.292. The summed E-state index contributed by atoms with van der Waals surface area (Å²) in [7, 11) is 5.36. The van der Waals surface area contributed by atoms with Crippen LogP contribution in [0.4, 0.5) is 26.1 Å². The number of aromatic nitrogens is 4. The van der Waals surface area contributed by atoms with Gasteiger partial charge >= 0.3 is 5.97 Å². The molecule has 1 unspecified atom stereocenters. The minimum atomic E-state index is -2.99. The van der Waals surface area contributed by atoms with Crippen molar-refractivity contribution in [1.29, 1.82) is 0 Å². The number of pyridine rings is 2. The Labute approximate surface area is 296 Å². The summed E-state index contributed by atoms with van der Waals surface area (Å²) in [4.78, 5) is 35.8. The minimum absolute atomic E-state index is 0.00644. The van der Waals surface area contributed by atoms with Crippen LogP contribution in [0.25, 0.3) is 33.2 Å². The highest BCUT2D eigenvalue weighted by Gasteiger charge is 2.50. The first-order chi connectivity index (χ1) is 25.1. The summed E-state index contributed by atoms with van der Waals surface area (Å²) >= 11 is 0. The van der Waals surface area contributed by atoms with E-state index in [0.717, 1.165) is 11.1 Å². The molecule has 1 N–H and O–H groups in total. The second-order valence-electron chi connectivity index (χ2n) is 13.4. The molecule has 8 rings (SSSR count). The summed E-state index contributed by atoms with van der Waals surface area (Å²) < 4.78 is 58.5. The van der Waals surface area contributed by atoms with Gasteiger partial charge in [-0.25, -0.2) is 33.5 Å². The lowest BCUT2D eigenvalue weighted by atomic mass is 9.90. The van der Waals surface area contributed by atoms with E-state index in [4.69, 9.17) is 28.3 Å². The van der Waals surface area contributed by atoms with E-state index in [1.165, 1.54) is 4.90 Å². The number of carbonyl (C=O) groups is 1. The molecule has 1 aromatic carbocycles. The van der Waals surface area contributed by atoms with Gasteiger partial charge in [0.2, 0.25) is 5.88 Å². The third kappa shape index (κ3) is 5.56. The van der Waals surface area contributed by atoms with Gasteiger partial charge in [-0.05, 0) is 31.2 Å². The van der Waals surface area contributed by atoms with Crippen molar-refractivity contribution in [3.05, 3.63) is 54.6 Å². The average molecular weight is 718 g/mol. The van der Waals surface area contributed by atoms with E-state index < -0.39 is 36.0 Å². The highest BCUT2D eigenvalue weighted by atomic mass is 19.3. The number of anilines is 3. The molecule has 5 aromatic rings. The lowest BCUT2D eigenvalue weighted by Gasteiger charge is -2.53. The van der Waals surface area contributed by atoms with Gasteiger partial charge in [-0.3, -0.25) is 0 Å². The second-order valence-corrected chi connectivity index (χ2v) is 13.4. The number of alkyl halides is 2. The van der Waals surface area contributed by atoms with Crippen LogP contribution in [0, 0.1) is 0 Å². The van der Waals surface area contributed by atoms with Crippen molar-refractivity contribution in [2.75, 3.05) is 68.8 Å². The van der Waals surface area contributed by atoms with Gasteiger partial charge in [-0.1, -0.05) is 12.1 Å². The Bertz CT molecular complexity index is 2160. The van der Waals surface area contributed by atoms with Crippen molar-refractivity contribution >= 4 is 45.4 Å². The Kier molecular flexibility index (Phi) is 8.45. The predicted molar refractivity (Wildman–Crippen MR) is 187 cm³/mol. The molecular weight excluding hydrogens is 680 g/mol. The second kappa shape index (κ2) is 13.0. The first kappa shape index (κ1) is 33.8. The number of furan rings is 1. The summed E-state index contributed by atoms with van der Waals surface area (Å²) in [5.41, 5.74) is 2.44. The monoisotopic (exact) mass is 717 g/mol. The fourth-order valence-electron chi connectivity index (χ4n) is 7.37. The van der Waals surface area contributed by atoms with E-state index in [2.05, 4.69) is 26.8 Å². The van der Waals surface area contributed by atoms with Crippen LogP contribution in [0.15, 0.2) is 53.2 Å². The van der Waals surface area contributed by atoms with Gasteiger partial charge in [0.05, 0.1) is 39.5 Å². The Morgan fingerprint density at radius 1 is 1.13 bits per heavy atom. The number of benzene rings is 1. The number of nitrogens with zero attached hydrogens (tertiary/aromatic N) is 7. The van der Waals surface area contributed by atoms with E-state index in [1.807, 2.05) is 31.1 Å². The molecule has 0 saturated carbocycles. The molecule has 0 radical (unpaired) electrons. The Balaban J connectivity index is 1.19. The molecule has 14 nitrogen and oxygen atoms in total. The smallest absolute Gasteiger partial charge is 0.326 e. The maximum atomic E-state index is 14.1. The van der Waals surface area contributed by atoms with Crippen molar-refractivity contribution < 1.29 is 42.0 Å². The standard InChI is InChI=1S/C36H37F2N7O7/c1-19-36(17-49-18-36)50-12-11-44(19)24-13-20(22-9-10-39-32(43(2)3)28(22)48-4)15-40-34(24)51-21-14-25(35(46)47)45(16-21)33-29-27(41-31(42-33)30(37)38)23-7-5-6-8-26(23)52-29/h5-10,13,15,19,21,25,30H,11-12,14,16-18H2,1-4H3,(H,46,47)/t19-,21?,25-/m0/s1. The molecule has 272 valence electrons. The molecule has 3 atom stereocenters. The number of methoxy groups -OCH3 is 1. The molecule has 0 bridgehead atoms. The Morgan fingerprint density at radius 2 is 1.94 bits per heavy atom. The van der Waals surface area contributed by atoms with Gasteiger partial charge < -0.3 is 43.2 Å². The molecule has 16 heteroatoms. The molecule has 3 saturated heterocycles. The molecular formula is C36H37F2N7O7. The maximum Gasteiger partial charge on any atom is 0.326 e. The van der Waals surface area contributed by atoms with Crippen molar-refractivity contribution in [2.24, 2.45) is 0 Å². The number of hydrogen-bond acceptors (Lipinski definition) is 13. The van der Waals surface area contributed by atoms with Gasteiger partial charge in [0.15, 0.2) is 28.8 Å². The number of fused-ring (bicyclic) bond motifs is 3. The average Bonchev–Trinajstić information content (AvgIpc) is 3.72. The van der Waals surface area contributed by atoms with Crippen LogP contribution in [0.1, 0.15) is 25.6 Å². The number of carboxylic acids is 1. The number of aliphatic carboxylic acids is 1. The molecule has 4 aromatic heterocycles. The van der Waals surface area contributed by atoms with Crippen LogP contribution >= 0.6 is 0 Å². The predicted octanol–water partition coefficient (Wildman–Crippen LogP) is 4.95. The van der Waals surface area contributed by atoms with E-state index in [-0.39, 0.29) is 41.8 Å². The molecule has 0 aliphatic carbocycles. The Morgan fingerprint density at radius 3 is 2.65 bits per heavy atom. The topological polar surface area (TPSA) is 149 Å². The zero-order valence-corrected chi connectivity index (χ0v) is 29.0. The van der Waals surface area contributed by atoms with Gasteiger partial charge in [0.1, 0.15) is 34.5 Å². The molecule has 3 aliphatic rings. The summed E-state index contributed by atoms with van der Waals surface area (Å²) in [5, 5.41) is 10.9. The lowest BCUT2D eigenvalue weighted by Crippen LogP contribution is -2.68. The first-order valence-corrected chi connectivity index (χ1v) is 16.9. The van der Waals surface area contributed by atoms with Crippen LogP contribution in [-0.4, -0.2) is 109 Å². The van der Waals surface area contributed by atoms with Gasteiger partial charge in [0, 0.05) is 56.0 Å². The minimum Gasteiger partial charge on any atom is -0.492 e. The zero-order chi connectivity index (χ0) is 36.3. The SMILES string of the molecule is COc1c(-c2cnc(OC3C[C@@H](C(=O)O)N(c4nc(C(F)F)nc5c4oc4ccccc45)C3)c(N3CCOC4(COC4)[C@@H]3C)c2)ccnc1N(C)C. The maximum absolute atomic E-state index is 14.1. The molecule has 3 aliphatic heterocycles. The first-order valence-electron chi connectivity index (χ1n) is 16.9. The normalized spacial score (nSPS) is 21.2. The molecule has 7 heterocycles. The van der Waals surface area contributed by atoms with Crippen LogP contribution in [0.5, 0.6) is 11.6 Å². The van der Waals surface area contributed by atoms with Crippen molar-refractivity contribution in [1.82, 2.24) is 19.9 Å². The fraction of sp³-hybridized carbons (Fsp3) is 0.417. The van der Waals surface area contributed by atoms with Crippen molar-refractivity contribution in [3.63, 3.8) is 0 Å². The summed E-state index contributed by atoms with van der Waals surface area (Å²) in [6, 6.07) is 9.47. The lowest BCUT2D eigenvalue weighted by molar-refractivity contribution is -0.228. The van der Waals surface area contributed by atoms with Crippen LogP contribution in [0.2, 0.25) is 0 Å². The number of halogens is 2. The van der Waals surface area contributed by atoms with Gasteiger partial charge in [0.25, 0.3) is 6.43 Å². The van der Waals surface area contributed by atoms with E-state index in [1.54, 1.807) is 43.8 Å². The number of para-hydroxylation sites is 1. The molecule has 52 heavy (non-hydrogen) atoms. The summed E-state index contributed by atoms with van der Waals surface area (Å²) in [5.74, 6) is -0.402. The molecule has 1 spiro atoms. The number of rotatable bonds is 9. The third-order valence-corrected chi connectivity index (χ3v) is 10.1. The molecule has 0 amide bonds. The Hall–Kier alpha value is -5.35. The van der Waals surface area contributed by atoms with Gasteiger partial charge in [-0.15, -0.1) is 0 Å². The number of ether oxygens (including phenoxy) is 4. The molecule has 3 fully saturated rings.